The minimum Gasteiger partial charge on any atom is -0.496 e. The summed E-state index contributed by atoms with van der Waals surface area (Å²) in [5.41, 5.74) is 2.10. The van der Waals surface area contributed by atoms with Gasteiger partial charge in [0.2, 0.25) is 0 Å². The first-order chi connectivity index (χ1) is 15.0. The fourth-order valence-electron chi connectivity index (χ4n) is 4.62. The minimum atomic E-state index is -0.133. The highest BCUT2D eigenvalue weighted by molar-refractivity contribution is 5.80. The molecule has 0 N–H and O–H groups in total. The van der Waals surface area contributed by atoms with Crippen LogP contribution in [0.2, 0.25) is 0 Å². The molecule has 5 nitrogen and oxygen atoms in total. The molecule has 2 aromatic carbocycles. The first-order valence-electron chi connectivity index (χ1n) is 11.0. The van der Waals surface area contributed by atoms with Crippen molar-refractivity contribution in [2.75, 3.05) is 34.5 Å². The molecule has 0 spiro atoms. The molecule has 0 aromatic heterocycles. The summed E-state index contributed by atoms with van der Waals surface area (Å²) in [4.78, 5) is 4.76. The summed E-state index contributed by atoms with van der Waals surface area (Å²) in [6.45, 7) is 5.91. The average molecular weight is 426 g/mol. The maximum Gasteiger partial charge on any atom is 0.161 e. The molecular weight excluding hydrogens is 390 g/mol. The van der Waals surface area contributed by atoms with E-state index in [9.17, 15) is 0 Å². The van der Waals surface area contributed by atoms with Crippen molar-refractivity contribution in [3.63, 3.8) is 0 Å². The summed E-state index contributed by atoms with van der Waals surface area (Å²) in [6, 6.07) is 14.2. The molecular formula is C26H35NO4. The van der Waals surface area contributed by atoms with Crippen LogP contribution < -0.4 is 14.2 Å². The Hall–Kier alpha value is -2.53. The SMILES string of the molecule is CC[C@]1(C)C[C@](CCN=Cc2ccc(OC)c(OC)c2)(c2ccccc2OC)CCO1. The monoisotopic (exact) mass is 425 g/mol. The van der Waals surface area contributed by atoms with Gasteiger partial charge < -0.3 is 18.9 Å². The van der Waals surface area contributed by atoms with Gasteiger partial charge in [0.15, 0.2) is 11.5 Å². The van der Waals surface area contributed by atoms with E-state index in [1.54, 1.807) is 21.3 Å². The van der Waals surface area contributed by atoms with Crippen molar-refractivity contribution in [1.29, 1.82) is 0 Å². The Morgan fingerprint density at radius 2 is 1.74 bits per heavy atom. The van der Waals surface area contributed by atoms with Gasteiger partial charge >= 0.3 is 0 Å². The third-order valence-corrected chi connectivity index (χ3v) is 6.54. The summed E-state index contributed by atoms with van der Waals surface area (Å²) in [5.74, 6) is 2.38. The minimum absolute atomic E-state index is 0.0233. The van der Waals surface area contributed by atoms with Gasteiger partial charge in [0, 0.05) is 30.3 Å². The summed E-state index contributed by atoms with van der Waals surface area (Å²) in [7, 11) is 5.03. The maximum atomic E-state index is 6.18. The lowest BCUT2D eigenvalue weighted by Gasteiger charge is -2.47. The second-order valence-electron chi connectivity index (χ2n) is 8.46. The van der Waals surface area contributed by atoms with Crippen LogP contribution in [0, 0.1) is 0 Å². The summed E-state index contributed by atoms with van der Waals surface area (Å²) >= 11 is 0. The number of ether oxygens (including phenoxy) is 4. The van der Waals surface area contributed by atoms with Crippen molar-refractivity contribution >= 4 is 6.21 Å². The molecule has 2 aromatic rings. The van der Waals surface area contributed by atoms with Crippen LogP contribution in [0.4, 0.5) is 0 Å². The summed E-state index contributed by atoms with van der Waals surface area (Å²) in [5, 5.41) is 0. The van der Waals surface area contributed by atoms with Crippen LogP contribution in [0.25, 0.3) is 0 Å². The highest BCUT2D eigenvalue weighted by atomic mass is 16.5. The number of benzene rings is 2. The van der Waals surface area contributed by atoms with E-state index < -0.39 is 0 Å². The molecule has 0 unspecified atom stereocenters. The topological polar surface area (TPSA) is 49.3 Å². The Kier molecular flexibility index (Phi) is 7.60. The lowest BCUT2D eigenvalue weighted by atomic mass is 9.66. The van der Waals surface area contributed by atoms with Crippen molar-refractivity contribution in [3.8, 4) is 17.2 Å². The Bertz CT molecular complexity index is 897. The predicted molar refractivity (Wildman–Crippen MR) is 125 cm³/mol. The van der Waals surface area contributed by atoms with Crippen LogP contribution in [0.1, 0.15) is 50.7 Å². The molecule has 1 fully saturated rings. The standard InChI is InChI=1S/C26H35NO4/c1-6-25(2)19-26(14-16-31-25,21-9-7-8-10-22(21)28-3)13-15-27-18-20-11-12-23(29-4)24(17-20)30-5/h7-12,17-18H,6,13-16,19H2,1-5H3/t25-,26-/m1/s1. The van der Waals surface area contributed by atoms with Gasteiger partial charge in [-0.3, -0.25) is 4.99 Å². The van der Waals surface area contributed by atoms with E-state index in [4.69, 9.17) is 23.9 Å². The normalized spacial score (nSPS) is 23.6. The molecule has 1 aliphatic heterocycles. The molecule has 0 saturated carbocycles. The third-order valence-electron chi connectivity index (χ3n) is 6.54. The molecule has 1 aliphatic rings. The molecule has 0 aliphatic carbocycles. The van der Waals surface area contributed by atoms with E-state index in [1.165, 1.54) is 5.56 Å². The Morgan fingerprint density at radius 3 is 2.45 bits per heavy atom. The van der Waals surface area contributed by atoms with E-state index in [2.05, 4.69) is 32.0 Å². The van der Waals surface area contributed by atoms with Gasteiger partial charge in [0.25, 0.3) is 0 Å². The van der Waals surface area contributed by atoms with E-state index in [0.717, 1.165) is 55.9 Å². The maximum absolute atomic E-state index is 6.18. The zero-order valence-electron chi connectivity index (χ0n) is 19.4. The van der Waals surface area contributed by atoms with Gasteiger partial charge in [-0.05, 0) is 62.4 Å². The third kappa shape index (κ3) is 5.21. The van der Waals surface area contributed by atoms with Crippen molar-refractivity contribution in [3.05, 3.63) is 53.6 Å². The number of methoxy groups -OCH3 is 3. The lowest BCUT2D eigenvalue weighted by molar-refractivity contribution is -0.0979. The number of hydrogen-bond donors (Lipinski definition) is 0. The van der Waals surface area contributed by atoms with Crippen LogP contribution in [0.3, 0.4) is 0 Å². The molecule has 0 bridgehead atoms. The summed E-state index contributed by atoms with van der Waals surface area (Å²) in [6.07, 6.45) is 5.77. The van der Waals surface area contributed by atoms with Gasteiger partial charge in [-0.1, -0.05) is 25.1 Å². The van der Waals surface area contributed by atoms with Crippen molar-refractivity contribution in [2.24, 2.45) is 4.99 Å². The van der Waals surface area contributed by atoms with Crippen LogP contribution in [0.5, 0.6) is 17.2 Å². The lowest BCUT2D eigenvalue weighted by Crippen LogP contribution is -2.46. The van der Waals surface area contributed by atoms with Gasteiger partial charge in [-0.2, -0.15) is 0 Å². The van der Waals surface area contributed by atoms with E-state index in [-0.39, 0.29) is 11.0 Å². The molecule has 1 heterocycles. The number of hydrogen-bond acceptors (Lipinski definition) is 5. The molecule has 1 saturated heterocycles. The fourth-order valence-corrected chi connectivity index (χ4v) is 4.62. The number of para-hydroxylation sites is 1. The van der Waals surface area contributed by atoms with Crippen LogP contribution in [-0.4, -0.2) is 46.3 Å². The fraction of sp³-hybridized carbons (Fsp3) is 0.500. The number of nitrogens with zero attached hydrogens (tertiary/aromatic N) is 1. The second-order valence-corrected chi connectivity index (χ2v) is 8.46. The smallest absolute Gasteiger partial charge is 0.161 e. The number of aliphatic imine (C=N–C) groups is 1. The predicted octanol–water partition coefficient (Wildman–Crippen LogP) is 5.44. The van der Waals surface area contributed by atoms with Gasteiger partial charge in [0.05, 0.1) is 26.9 Å². The van der Waals surface area contributed by atoms with Crippen molar-refractivity contribution in [1.82, 2.24) is 0 Å². The van der Waals surface area contributed by atoms with E-state index in [1.807, 2.05) is 30.5 Å². The van der Waals surface area contributed by atoms with Gasteiger partial charge in [-0.15, -0.1) is 0 Å². The summed E-state index contributed by atoms with van der Waals surface area (Å²) < 4.78 is 22.6. The van der Waals surface area contributed by atoms with Crippen LogP contribution in [-0.2, 0) is 10.2 Å². The van der Waals surface area contributed by atoms with Gasteiger partial charge in [0.1, 0.15) is 5.75 Å². The Labute approximate surface area is 186 Å². The first kappa shape index (κ1) is 23.1. The highest BCUT2D eigenvalue weighted by Crippen LogP contribution is 2.48. The molecule has 3 rings (SSSR count). The van der Waals surface area contributed by atoms with Crippen LogP contribution in [0.15, 0.2) is 47.5 Å². The van der Waals surface area contributed by atoms with Crippen LogP contribution >= 0.6 is 0 Å². The molecule has 5 heteroatoms. The molecule has 2 atom stereocenters. The first-order valence-corrected chi connectivity index (χ1v) is 11.0. The Morgan fingerprint density at radius 1 is 1.00 bits per heavy atom. The van der Waals surface area contributed by atoms with E-state index >= 15 is 0 Å². The zero-order chi connectivity index (χ0) is 22.3. The Balaban J connectivity index is 1.82. The quantitative estimate of drug-likeness (QED) is 0.502. The average Bonchev–Trinajstić information content (AvgIpc) is 2.81. The molecule has 0 amide bonds. The second kappa shape index (κ2) is 10.2. The highest BCUT2D eigenvalue weighted by Gasteiger charge is 2.44. The van der Waals surface area contributed by atoms with Crippen molar-refractivity contribution < 1.29 is 18.9 Å². The van der Waals surface area contributed by atoms with Crippen molar-refractivity contribution in [2.45, 2.75) is 50.5 Å². The molecule has 0 radical (unpaired) electrons. The van der Waals surface area contributed by atoms with E-state index in [0.29, 0.717) is 5.75 Å². The number of rotatable bonds is 9. The molecule has 31 heavy (non-hydrogen) atoms. The largest absolute Gasteiger partial charge is 0.496 e. The van der Waals surface area contributed by atoms with Gasteiger partial charge in [-0.25, -0.2) is 0 Å². The molecule has 168 valence electrons. The zero-order valence-corrected chi connectivity index (χ0v) is 19.4.